The van der Waals surface area contributed by atoms with Crippen LogP contribution in [0.25, 0.3) is 10.1 Å². The molecular formula is C10H5F3O3S. The first-order chi connectivity index (χ1) is 7.80. The molecule has 0 spiro atoms. The van der Waals surface area contributed by atoms with E-state index < -0.39 is 23.5 Å². The molecule has 2 aromatic rings. The second-order valence-electron chi connectivity index (χ2n) is 3.29. The largest absolute Gasteiger partial charge is 0.505 e. The van der Waals surface area contributed by atoms with E-state index in [1.165, 1.54) is 0 Å². The van der Waals surface area contributed by atoms with Crippen molar-refractivity contribution in [3.63, 3.8) is 0 Å². The number of rotatable bonds is 1. The maximum Gasteiger partial charge on any atom is 0.416 e. The van der Waals surface area contributed by atoms with E-state index in [1.54, 1.807) is 0 Å². The van der Waals surface area contributed by atoms with Crippen molar-refractivity contribution in [2.45, 2.75) is 6.18 Å². The Morgan fingerprint density at radius 1 is 1.29 bits per heavy atom. The first kappa shape index (κ1) is 11.7. The number of carboxylic acid groups (broad SMARTS) is 1. The van der Waals surface area contributed by atoms with Gasteiger partial charge in [0.25, 0.3) is 0 Å². The molecule has 17 heavy (non-hydrogen) atoms. The van der Waals surface area contributed by atoms with Crippen LogP contribution in [0, 0.1) is 0 Å². The van der Waals surface area contributed by atoms with Crippen molar-refractivity contribution >= 4 is 27.4 Å². The van der Waals surface area contributed by atoms with Crippen LogP contribution >= 0.6 is 11.3 Å². The van der Waals surface area contributed by atoms with E-state index in [9.17, 15) is 23.1 Å². The lowest BCUT2D eigenvalue weighted by Crippen LogP contribution is -2.03. The quantitative estimate of drug-likeness (QED) is 0.828. The maximum absolute atomic E-state index is 12.4. The van der Waals surface area contributed by atoms with Crippen molar-refractivity contribution in [3.05, 3.63) is 28.6 Å². The van der Waals surface area contributed by atoms with Crippen LogP contribution in [0.1, 0.15) is 15.2 Å². The van der Waals surface area contributed by atoms with Crippen LogP contribution in [-0.2, 0) is 6.18 Å². The Labute approximate surface area is 96.7 Å². The van der Waals surface area contributed by atoms with Gasteiger partial charge in [-0.3, -0.25) is 0 Å². The molecule has 90 valence electrons. The molecule has 0 bridgehead atoms. The molecule has 1 aromatic heterocycles. The van der Waals surface area contributed by atoms with E-state index in [1.807, 2.05) is 0 Å². The summed E-state index contributed by atoms with van der Waals surface area (Å²) < 4.78 is 37.3. The highest BCUT2D eigenvalue weighted by atomic mass is 32.1. The Kier molecular flexibility index (Phi) is 2.50. The molecule has 2 rings (SSSR count). The fourth-order valence-electron chi connectivity index (χ4n) is 1.40. The SMILES string of the molecule is O=C(O)c1sc2cc(C(F)(F)F)ccc2c1O. The third-order valence-electron chi connectivity index (χ3n) is 2.19. The number of carboxylic acids is 1. The topological polar surface area (TPSA) is 57.5 Å². The van der Waals surface area contributed by atoms with Crippen LogP contribution in [0.5, 0.6) is 5.75 Å². The zero-order valence-electron chi connectivity index (χ0n) is 8.08. The lowest BCUT2D eigenvalue weighted by Gasteiger charge is -2.05. The van der Waals surface area contributed by atoms with Gasteiger partial charge in [0.15, 0.2) is 4.88 Å². The Balaban J connectivity index is 2.68. The number of aromatic hydroxyl groups is 1. The highest BCUT2D eigenvalue weighted by molar-refractivity contribution is 7.21. The van der Waals surface area contributed by atoms with Crippen molar-refractivity contribution in [2.24, 2.45) is 0 Å². The molecule has 0 atom stereocenters. The first-order valence-corrected chi connectivity index (χ1v) is 5.18. The van der Waals surface area contributed by atoms with Crippen molar-refractivity contribution in [2.75, 3.05) is 0 Å². The molecule has 0 aliphatic rings. The van der Waals surface area contributed by atoms with Crippen LogP contribution < -0.4 is 0 Å². The van der Waals surface area contributed by atoms with Gasteiger partial charge in [-0.1, -0.05) is 0 Å². The molecule has 0 saturated heterocycles. The Morgan fingerprint density at radius 2 is 1.94 bits per heavy atom. The average Bonchev–Trinajstić information content (AvgIpc) is 2.54. The Bertz CT molecular complexity index is 601. The van der Waals surface area contributed by atoms with Gasteiger partial charge in [0.05, 0.1) is 5.56 Å². The zero-order valence-corrected chi connectivity index (χ0v) is 8.89. The normalized spacial score (nSPS) is 11.9. The van der Waals surface area contributed by atoms with Crippen molar-refractivity contribution in [3.8, 4) is 5.75 Å². The summed E-state index contributed by atoms with van der Waals surface area (Å²) in [7, 11) is 0. The van der Waals surface area contributed by atoms with Crippen LogP contribution in [0.15, 0.2) is 18.2 Å². The van der Waals surface area contributed by atoms with Crippen molar-refractivity contribution in [1.29, 1.82) is 0 Å². The van der Waals surface area contributed by atoms with Crippen LogP contribution in [0.3, 0.4) is 0 Å². The molecule has 0 unspecified atom stereocenters. The number of hydrogen-bond acceptors (Lipinski definition) is 3. The lowest BCUT2D eigenvalue weighted by molar-refractivity contribution is -0.137. The molecule has 0 aliphatic carbocycles. The monoisotopic (exact) mass is 262 g/mol. The van der Waals surface area contributed by atoms with E-state index in [4.69, 9.17) is 5.11 Å². The number of carbonyl (C=O) groups is 1. The number of hydrogen-bond donors (Lipinski definition) is 2. The third-order valence-corrected chi connectivity index (χ3v) is 3.32. The van der Waals surface area contributed by atoms with Crippen molar-refractivity contribution < 1.29 is 28.2 Å². The standard InChI is InChI=1S/C10H5F3O3S/c11-10(12,13)4-1-2-5-6(3-4)17-8(7(5)14)9(15)16/h1-3,14H,(H,15,16). The van der Waals surface area contributed by atoms with Crippen LogP contribution in [0.2, 0.25) is 0 Å². The van der Waals surface area contributed by atoms with E-state index in [0.717, 1.165) is 18.2 Å². The minimum absolute atomic E-state index is 0.0923. The highest BCUT2D eigenvalue weighted by Gasteiger charge is 2.31. The van der Waals surface area contributed by atoms with Gasteiger partial charge in [0, 0.05) is 10.1 Å². The van der Waals surface area contributed by atoms with Gasteiger partial charge in [-0.25, -0.2) is 4.79 Å². The molecule has 2 N–H and O–H groups in total. The van der Waals surface area contributed by atoms with Gasteiger partial charge < -0.3 is 10.2 Å². The zero-order chi connectivity index (χ0) is 12.8. The molecule has 0 fully saturated rings. The minimum atomic E-state index is -4.49. The molecule has 1 aromatic carbocycles. The maximum atomic E-state index is 12.4. The molecule has 1 heterocycles. The number of fused-ring (bicyclic) bond motifs is 1. The third kappa shape index (κ3) is 1.93. The summed E-state index contributed by atoms with van der Waals surface area (Å²) in [4.78, 5) is 10.3. The first-order valence-electron chi connectivity index (χ1n) is 4.36. The Morgan fingerprint density at radius 3 is 2.47 bits per heavy atom. The van der Waals surface area contributed by atoms with Gasteiger partial charge >= 0.3 is 12.1 Å². The molecule has 7 heteroatoms. The second-order valence-corrected chi connectivity index (χ2v) is 4.35. The van der Waals surface area contributed by atoms with E-state index in [2.05, 4.69) is 0 Å². The predicted octanol–water partition coefficient (Wildman–Crippen LogP) is 3.32. The molecular weight excluding hydrogens is 257 g/mol. The number of alkyl halides is 3. The Hall–Kier alpha value is -1.76. The van der Waals surface area contributed by atoms with Gasteiger partial charge in [-0.15, -0.1) is 11.3 Å². The molecule has 0 saturated carbocycles. The summed E-state index contributed by atoms with van der Waals surface area (Å²) in [6, 6.07) is 2.70. The summed E-state index contributed by atoms with van der Waals surface area (Å²) in [5, 5.41) is 18.3. The smallest absolute Gasteiger partial charge is 0.416 e. The number of aromatic carboxylic acids is 1. The van der Waals surface area contributed by atoms with E-state index in [0.29, 0.717) is 11.3 Å². The van der Waals surface area contributed by atoms with Crippen LogP contribution in [-0.4, -0.2) is 16.2 Å². The number of halogens is 3. The fraction of sp³-hybridized carbons (Fsp3) is 0.100. The number of thiophene rings is 1. The fourth-order valence-corrected chi connectivity index (χ4v) is 2.38. The predicted molar refractivity (Wildman–Crippen MR) is 55.5 cm³/mol. The molecule has 0 amide bonds. The molecule has 0 aliphatic heterocycles. The highest BCUT2D eigenvalue weighted by Crippen LogP contribution is 2.40. The summed E-state index contributed by atoms with van der Waals surface area (Å²) >= 11 is 0.613. The van der Waals surface area contributed by atoms with Gasteiger partial charge in [0.1, 0.15) is 5.75 Å². The molecule has 0 radical (unpaired) electrons. The van der Waals surface area contributed by atoms with E-state index >= 15 is 0 Å². The molecule has 3 nitrogen and oxygen atoms in total. The number of benzene rings is 1. The summed E-state index contributed by atoms with van der Waals surface area (Å²) in [6.07, 6.45) is -4.49. The van der Waals surface area contributed by atoms with Crippen LogP contribution in [0.4, 0.5) is 13.2 Å². The van der Waals surface area contributed by atoms with E-state index in [-0.39, 0.29) is 15.0 Å². The second kappa shape index (κ2) is 3.63. The lowest BCUT2D eigenvalue weighted by atomic mass is 10.1. The van der Waals surface area contributed by atoms with Gasteiger partial charge in [0.2, 0.25) is 0 Å². The summed E-state index contributed by atoms with van der Waals surface area (Å²) in [6.45, 7) is 0. The van der Waals surface area contributed by atoms with Gasteiger partial charge in [-0.2, -0.15) is 13.2 Å². The van der Waals surface area contributed by atoms with Gasteiger partial charge in [-0.05, 0) is 18.2 Å². The average molecular weight is 262 g/mol. The van der Waals surface area contributed by atoms with Crippen molar-refractivity contribution in [1.82, 2.24) is 0 Å². The summed E-state index contributed by atoms with van der Waals surface area (Å²) in [5.74, 6) is -1.86. The minimum Gasteiger partial charge on any atom is -0.505 e. The summed E-state index contributed by atoms with van der Waals surface area (Å²) in [5.41, 5.74) is -0.872.